The topological polar surface area (TPSA) is 176 Å². The predicted molar refractivity (Wildman–Crippen MR) is 250 cm³/mol. The first-order chi connectivity index (χ1) is 32.2. The predicted octanol–water partition coefficient (Wildman–Crippen LogP) is 7.30. The number of imide groups is 2. The smallest absolute Gasteiger partial charge is 0.261 e. The Morgan fingerprint density at radius 2 is 1.12 bits per heavy atom. The van der Waals surface area contributed by atoms with Crippen LogP contribution in [-0.2, 0) is 4.79 Å². The van der Waals surface area contributed by atoms with Crippen LogP contribution in [0.25, 0.3) is 32.8 Å². The van der Waals surface area contributed by atoms with Crippen LogP contribution in [0.1, 0.15) is 88.6 Å². The number of rotatable bonds is 11. The van der Waals surface area contributed by atoms with Crippen LogP contribution in [0.15, 0.2) is 126 Å². The van der Waals surface area contributed by atoms with Crippen molar-refractivity contribution in [1.82, 2.24) is 19.6 Å². The number of allylic oxidation sites excluding steroid dienone is 5. The van der Waals surface area contributed by atoms with E-state index in [4.69, 9.17) is 0 Å². The molecule has 0 unspecified atom stereocenters. The van der Waals surface area contributed by atoms with Gasteiger partial charge in [-0.25, -0.2) is 4.58 Å². The first-order valence-electron chi connectivity index (χ1n) is 22.3. The highest BCUT2D eigenvalue weighted by atomic mass is 16.3. The molecule has 13 heteroatoms. The van der Waals surface area contributed by atoms with Crippen molar-refractivity contribution in [3.8, 4) is 11.6 Å². The van der Waals surface area contributed by atoms with Gasteiger partial charge in [-0.2, -0.15) is 9.78 Å². The number of amides is 4. The van der Waals surface area contributed by atoms with Crippen molar-refractivity contribution >= 4 is 62.2 Å². The summed E-state index contributed by atoms with van der Waals surface area (Å²) in [5.41, 5.74) is 5.76. The highest BCUT2D eigenvalue weighted by molar-refractivity contribution is 6.40. The molecule has 334 valence electrons. The largest absolute Gasteiger partial charge is 0.871 e. The zero-order valence-corrected chi connectivity index (χ0v) is 37.3. The maximum Gasteiger partial charge on any atom is 0.261 e. The number of aliphatic hydroxyl groups excluding tert-OH is 1. The zero-order valence-electron chi connectivity index (χ0n) is 37.3. The van der Waals surface area contributed by atoms with Gasteiger partial charge in [0.25, 0.3) is 23.6 Å². The molecule has 0 radical (unpaired) electrons. The molecule has 0 saturated carbocycles. The Morgan fingerprint density at radius 1 is 0.627 bits per heavy atom. The fourth-order valence-electron chi connectivity index (χ4n) is 10.2. The van der Waals surface area contributed by atoms with Crippen LogP contribution >= 0.6 is 0 Å². The number of hydrogen-bond donors (Lipinski definition) is 2. The Kier molecular flexibility index (Phi) is 10.4. The van der Waals surface area contributed by atoms with Crippen LogP contribution in [0, 0.1) is 27.7 Å². The molecule has 2 N–H and O–H groups in total. The van der Waals surface area contributed by atoms with Gasteiger partial charge in [0.1, 0.15) is 18.8 Å². The Bertz CT molecular complexity index is 3290. The SMILES string of the molecule is Cc1cc(C)c(-n2nc(C)c(C3=C([O-])/C(=C4C=C/C(=[N+](\CCCCN5C(=O)c6cccc7cccc(c67)C5=O)CCCN5C(=O)c6cccc7cccc(c67)C5=O)C=C/4O)C3=O)c2O)c(C)c1. The Labute approximate surface area is 385 Å². The number of aryl methyl sites for hydroxylation is 4. The van der Waals surface area contributed by atoms with E-state index < -0.39 is 11.5 Å². The van der Waals surface area contributed by atoms with Crippen molar-refractivity contribution in [3.05, 3.63) is 176 Å². The number of carbonyl (C=O) groups excluding carboxylic acids is 5. The van der Waals surface area contributed by atoms with Gasteiger partial charge in [-0.3, -0.25) is 33.8 Å². The first-order valence-corrected chi connectivity index (χ1v) is 22.3. The molecular weight excluding hydrogens is 847 g/mol. The van der Waals surface area contributed by atoms with Crippen molar-refractivity contribution < 1.29 is 43.9 Å². The summed E-state index contributed by atoms with van der Waals surface area (Å²) in [6.07, 6.45) is 5.97. The molecule has 5 aromatic carbocycles. The van der Waals surface area contributed by atoms with Crippen molar-refractivity contribution in [2.45, 2.75) is 47.0 Å². The van der Waals surface area contributed by atoms with E-state index in [-0.39, 0.29) is 70.6 Å². The molecule has 4 aliphatic rings. The molecule has 0 fully saturated rings. The molecule has 13 nitrogen and oxygen atoms in total. The number of hydrogen-bond acceptors (Lipinski definition) is 9. The number of carbonyl (C=O) groups is 5. The first kappa shape index (κ1) is 42.7. The highest BCUT2D eigenvalue weighted by Gasteiger charge is 2.38. The average molecular weight is 892 g/mol. The summed E-state index contributed by atoms with van der Waals surface area (Å²) in [5.74, 6) is -3.37. The molecule has 0 spiro atoms. The van der Waals surface area contributed by atoms with Gasteiger partial charge >= 0.3 is 0 Å². The van der Waals surface area contributed by atoms with Crippen molar-refractivity contribution in [1.29, 1.82) is 0 Å². The molecule has 4 amide bonds. The quantitative estimate of drug-likeness (QED) is 0.0585. The molecule has 67 heavy (non-hydrogen) atoms. The minimum absolute atomic E-state index is 0.0342. The number of unbranched alkanes of at least 4 members (excludes halogenated alkanes) is 1. The standard InChI is InChI=1S/C54H45N5O8/c1-29-26-30(2)47(31(3)27-29)59-54(67)42(32(4)55-59)46-48(61)45(49(46)62)36-21-20-35(28-41(36)60)56(23-11-25-58-52(65)39-18-9-14-34-15-10-19-40(44(34)39)53(58)66)22-5-6-24-57-50(63)37-16-7-12-33-13-8-17-38(43(33)37)51(57)64/h7-10,12-21,26-28H,5-6,11,22-25H2,1-4H3,(H2,55,60,61,62,67). The van der Waals surface area contributed by atoms with Crippen LogP contribution in [0.2, 0.25) is 0 Å². The summed E-state index contributed by atoms with van der Waals surface area (Å²) in [7, 11) is 0. The zero-order chi connectivity index (χ0) is 47.0. The lowest BCUT2D eigenvalue weighted by atomic mass is 9.79. The highest BCUT2D eigenvalue weighted by Crippen LogP contribution is 2.44. The third kappa shape index (κ3) is 6.88. The number of aromatic hydroxyl groups is 1. The fraction of sp³-hybridized carbons (Fsp3) is 0.204. The van der Waals surface area contributed by atoms with E-state index in [1.807, 2.05) is 61.7 Å². The van der Waals surface area contributed by atoms with Gasteiger partial charge < -0.3 is 15.3 Å². The molecule has 0 atom stereocenters. The Balaban J connectivity index is 0.916. The van der Waals surface area contributed by atoms with Gasteiger partial charge in [0.15, 0.2) is 5.78 Å². The number of benzene rings is 5. The second-order valence-electron chi connectivity index (χ2n) is 17.5. The maximum atomic E-state index is 13.8. The number of Topliss-reactive ketones (excluding diaryl/α,β-unsaturated/α-hetero) is 1. The summed E-state index contributed by atoms with van der Waals surface area (Å²) < 4.78 is 3.31. The van der Waals surface area contributed by atoms with E-state index in [9.17, 15) is 39.3 Å². The van der Waals surface area contributed by atoms with E-state index in [1.165, 1.54) is 26.6 Å². The van der Waals surface area contributed by atoms with Crippen molar-refractivity contribution in [2.75, 3.05) is 26.2 Å². The molecule has 2 aliphatic carbocycles. The van der Waals surface area contributed by atoms with Crippen LogP contribution in [0.5, 0.6) is 5.88 Å². The van der Waals surface area contributed by atoms with Crippen LogP contribution in [-0.4, -0.2) is 95.7 Å². The lowest BCUT2D eigenvalue weighted by Gasteiger charge is -2.32. The van der Waals surface area contributed by atoms with E-state index in [1.54, 1.807) is 61.5 Å². The Morgan fingerprint density at radius 3 is 1.61 bits per heavy atom. The minimum atomic E-state index is -0.631. The molecule has 0 bridgehead atoms. The third-order valence-electron chi connectivity index (χ3n) is 13.2. The monoisotopic (exact) mass is 891 g/mol. The van der Waals surface area contributed by atoms with Gasteiger partial charge in [-0.05, 0) is 86.4 Å². The molecule has 3 heterocycles. The third-order valence-corrected chi connectivity index (χ3v) is 13.2. The lowest BCUT2D eigenvalue weighted by Crippen LogP contribution is -2.41. The maximum absolute atomic E-state index is 13.8. The summed E-state index contributed by atoms with van der Waals surface area (Å²) in [6, 6.07) is 25.5. The summed E-state index contributed by atoms with van der Waals surface area (Å²) in [5, 5.41) is 44.2. The molecule has 6 aromatic rings. The summed E-state index contributed by atoms with van der Waals surface area (Å²) in [4.78, 5) is 71.0. The fourth-order valence-corrected chi connectivity index (χ4v) is 10.2. The van der Waals surface area contributed by atoms with Gasteiger partial charge in [0.2, 0.25) is 11.6 Å². The van der Waals surface area contributed by atoms with Crippen molar-refractivity contribution in [2.24, 2.45) is 0 Å². The van der Waals surface area contributed by atoms with E-state index in [0.717, 1.165) is 27.5 Å². The Hall–Kier alpha value is -8.19. The molecule has 10 rings (SSSR count). The van der Waals surface area contributed by atoms with E-state index >= 15 is 0 Å². The normalized spacial score (nSPS) is 17.6. The molecule has 0 saturated heterocycles. The van der Waals surface area contributed by atoms with E-state index in [2.05, 4.69) is 5.10 Å². The van der Waals surface area contributed by atoms with Gasteiger partial charge in [-0.15, -0.1) is 0 Å². The van der Waals surface area contributed by atoms with Gasteiger partial charge in [0, 0.05) is 81.8 Å². The minimum Gasteiger partial charge on any atom is -0.871 e. The number of aromatic nitrogens is 2. The lowest BCUT2D eigenvalue weighted by molar-refractivity contribution is -0.527. The summed E-state index contributed by atoms with van der Waals surface area (Å²) >= 11 is 0. The van der Waals surface area contributed by atoms with Crippen LogP contribution in [0.4, 0.5) is 0 Å². The van der Waals surface area contributed by atoms with Gasteiger partial charge in [0.05, 0.1) is 23.0 Å². The van der Waals surface area contributed by atoms with E-state index in [0.29, 0.717) is 82.5 Å². The number of ketones is 1. The molecule has 1 aromatic heterocycles. The van der Waals surface area contributed by atoms with Crippen LogP contribution < -0.4 is 5.11 Å². The number of nitrogens with zero attached hydrogens (tertiary/aromatic N) is 5. The van der Waals surface area contributed by atoms with Crippen LogP contribution in [0.3, 0.4) is 0 Å². The molecular formula is C54H45N5O8. The average Bonchev–Trinajstić information content (AvgIpc) is 3.58. The second kappa shape index (κ2) is 16.4. The summed E-state index contributed by atoms with van der Waals surface area (Å²) in [6.45, 7) is 8.37. The number of aliphatic hydroxyl groups is 1. The second-order valence-corrected chi connectivity index (χ2v) is 17.5. The van der Waals surface area contributed by atoms with Crippen molar-refractivity contribution in [3.63, 3.8) is 0 Å². The van der Waals surface area contributed by atoms with Gasteiger partial charge in [-0.1, -0.05) is 72.0 Å². The molecule has 2 aliphatic heterocycles.